The minimum absolute atomic E-state index is 0.952. The molecule has 0 unspecified atom stereocenters. The molecule has 0 aliphatic heterocycles. The molecule has 1 aromatic carbocycles. The van der Waals surface area contributed by atoms with Gasteiger partial charge < -0.3 is 4.84 Å². The Bertz CT molecular complexity index is 255. The van der Waals surface area contributed by atoms with E-state index in [9.17, 15) is 0 Å². The second kappa shape index (κ2) is 3.76. The molecule has 0 aromatic heterocycles. The first kappa shape index (κ1) is 7.79. The van der Waals surface area contributed by atoms with Crippen LogP contribution < -0.4 is 0 Å². The van der Waals surface area contributed by atoms with Crippen LogP contribution in [-0.4, -0.2) is 13.3 Å². The van der Waals surface area contributed by atoms with Crippen molar-refractivity contribution in [2.24, 2.45) is 5.16 Å². The van der Waals surface area contributed by atoms with Crippen molar-refractivity contribution in [1.82, 2.24) is 0 Å². The fraction of sp³-hybridized carbons (Fsp3) is 0.111. The lowest BCUT2D eigenvalue weighted by Gasteiger charge is -1.95. The van der Waals surface area contributed by atoms with Crippen LogP contribution in [0.15, 0.2) is 29.4 Å². The third-order valence-electron chi connectivity index (χ3n) is 1.35. The lowest BCUT2D eigenvalue weighted by atomic mass is 10.1. The third-order valence-corrected chi connectivity index (χ3v) is 1.35. The van der Waals surface area contributed by atoms with Crippen molar-refractivity contribution >= 4 is 6.21 Å². The second-order valence-corrected chi connectivity index (χ2v) is 2.12. The highest BCUT2D eigenvalue weighted by Gasteiger charge is 1.90. The number of benzene rings is 1. The quantitative estimate of drug-likeness (QED) is 0.463. The largest absolute Gasteiger partial charge is 0.399 e. The zero-order chi connectivity index (χ0) is 8.10. The second-order valence-electron chi connectivity index (χ2n) is 2.12. The number of oxime groups is 1. The Hall–Kier alpha value is -1.31. The molecule has 0 spiro atoms. The highest BCUT2D eigenvalue weighted by Crippen LogP contribution is 2.03. The van der Waals surface area contributed by atoms with Crippen molar-refractivity contribution in [3.63, 3.8) is 0 Å². The van der Waals surface area contributed by atoms with E-state index in [1.165, 1.54) is 7.11 Å². The molecule has 57 valence electrons. The Labute approximate surface area is 66.5 Å². The first-order valence-electron chi connectivity index (χ1n) is 3.32. The average Bonchev–Trinajstić information content (AvgIpc) is 2.03. The lowest BCUT2D eigenvalue weighted by Crippen LogP contribution is -1.85. The monoisotopic (exact) mass is 148 g/mol. The third kappa shape index (κ3) is 2.08. The summed E-state index contributed by atoms with van der Waals surface area (Å²) >= 11 is 0. The number of hydrogen-bond donors (Lipinski definition) is 0. The van der Waals surface area contributed by atoms with E-state index in [4.69, 9.17) is 0 Å². The van der Waals surface area contributed by atoms with Gasteiger partial charge in [-0.15, -0.1) is 0 Å². The highest BCUT2D eigenvalue weighted by atomic mass is 16.6. The van der Waals surface area contributed by atoms with E-state index in [1.807, 2.05) is 24.3 Å². The van der Waals surface area contributed by atoms with Gasteiger partial charge in [0, 0.05) is 0 Å². The normalized spacial score (nSPS) is 10.4. The van der Waals surface area contributed by atoms with Gasteiger partial charge in [-0.3, -0.25) is 0 Å². The summed E-state index contributed by atoms with van der Waals surface area (Å²) in [4.78, 5) is 4.54. The summed E-state index contributed by atoms with van der Waals surface area (Å²) in [5.41, 5.74) is 1.93. The molecule has 1 radical (unpaired) electrons. The van der Waals surface area contributed by atoms with Gasteiger partial charge in [0.25, 0.3) is 0 Å². The maximum Gasteiger partial charge on any atom is 0.106 e. The molecule has 0 aliphatic rings. The van der Waals surface area contributed by atoms with Gasteiger partial charge in [0.15, 0.2) is 0 Å². The van der Waals surface area contributed by atoms with E-state index in [-0.39, 0.29) is 0 Å². The molecule has 0 saturated carbocycles. The standard InChI is InChI=1S/C9H10NO/c1-8-5-3-4-6-9(8)7-10-11-2/h3-7H,1H2,2H3/b10-7+. The zero-order valence-electron chi connectivity index (χ0n) is 6.45. The summed E-state index contributed by atoms with van der Waals surface area (Å²) in [5.74, 6) is 0. The van der Waals surface area contributed by atoms with Crippen molar-refractivity contribution in [1.29, 1.82) is 0 Å². The van der Waals surface area contributed by atoms with E-state index in [2.05, 4.69) is 16.9 Å². The predicted octanol–water partition coefficient (Wildman–Crippen LogP) is 1.85. The molecule has 0 heterocycles. The number of hydrogen-bond acceptors (Lipinski definition) is 2. The maximum absolute atomic E-state index is 4.54. The van der Waals surface area contributed by atoms with Gasteiger partial charge in [0.2, 0.25) is 0 Å². The fourth-order valence-corrected chi connectivity index (χ4v) is 0.770. The minimum Gasteiger partial charge on any atom is -0.399 e. The van der Waals surface area contributed by atoms with Gasteiger partial charge in [0.1, 0.15) is 7.11 Å². The van der Waals surface area contributed by atoms with Crippen LogP contribution in [0.3, 0.4) is 0 Å². The van der Waals surface area contributed by atoms with E-state index < -0.39 is 0 Å². The summed E-state index contributed by atoms with van der Waals surface area (Å²) in [5, 5.41) is 3.64. The van der Waals surface area contributed by atoms with Crippen molar-refractivity contribution in [2.75, 3.05) is 7.11 Å². The van der Waals surface area contributed by atoms with Crippen LogP contribution in [0.2, 0.25) is 0 Å². The van der Waals surface area contributed by atoms with Gasteiger partial charge in [-0.2, -0.15) is 0 Å². The Morgan fingerprint density at radius 2 is 2.18 bits per heavy atom. The molecule has 0 bridgehead atoms. The van der Waals surface area contributed by atoms with Crippen LogP contribution in [0.1, 0.15) is 11.1 Å². The van der Waals surface area contributed by atoms with Crippen molar-refractivity contribution in [3.8, 4) is 0 Å². The van der Waals surface area contributed by atoms with Crippen LogP contribution in [0.4, 0.5) is 0 Å². The predicted molar refractivity (Wildman–Crippen MR) is 45.5 cm³/mol. The highest BCUT2D eigenvalue weighted by molar-refractivity contribution is 5.81. The summed E-state index contributed by atoms with van der Waals surface area (Å²) in [6.07, 6.45) is 1.64. The minimum atomic E-state index is 0.952. The van der Waals surface area contributed by atoms with Crippen LogP contribution in [-0.2, 0) is 4.84 Å². The Morgan fingerprint density at radius 1 is 1.45 bits per heavy atom. The molecule has 2 nitrogen and oxygen atoms in total. The molecule has 11 heavy (non-hydrogen) atoms. The fourth-order valence-electron chi connectivity index (χ4n) is 0.770. The molecule has 0 aliphatic carbocycles. The van der Waals surface area contributed by atoms with Crippen molar-refractivity contribution < 1.29 is 4.84 Å². The zero-order valence-corrected chi connectivity index (χ0v) is 6.45. The van der Waals surface area contributed by atoms with Crippen LogP contribution in [0, 0.1) is 6.92 Å². The van der Waals surface area contributed by atoms with E-state index in [0.717, 1.165) is 11.1 Å². The van der Waals surface area contributed by atoms with Crippen LogP contribution in [0.5, 0.6) is 0 Å². The van der Waals surface area contributed by atoms with Gasteiger partial charge in [-0.1, -0.05) is 29.4 Å². The first-order valence-corrected chi connectivity index (χ1v) is 3.32. The smallest absolute Gasteiger partial charge is 0.106 e. The average molecular weight is 148 g/mol. The Kier molecular flexibility index (Phi) is 2.66. The van der Waals surface area contributed by atoms with E-state index in [0.29, 0.717) is 0 Å². The van der Waals surface area contributed by atoms with E-state index in [1.54, 1.807) is 6.21 Å². The number of nitrogens with zero attached hydrogens (tertiary/aromatic N) is 1. The first-order chi connectivity index (χ1) is 5.34. The molecule has 0 atom stereocenters. The Balaban J connectivity index is 2.86. The van der Waals surface area contributed by atoms with E-state index >= 15 is 0 Å². The summed E-state index contributed by atoms with van der Waals surface area (Å²) in [7, 11) is 1.52. The topological polar surface area (TPSA) is 21.6 Å². The molecule has 0 N–H and O–H groups in total. The molecule has 0 fully saturated rings. The summed E-state index contributed by atoms with van der Waals surface area (Å²) < 4.78 is 0. The van der Waals surface area contributed by atoms with Gasteiger partial charge in [0.05, 0.1) is 6.21 Å². The maximum atomic E-state index is 4.54. The molecule has 0 amide bonds. The van der Waals surface area contributed by atoms with Gasteiger partial charge in [-0.05, 0) is 18.1 Å². The molecular weight excluding hydrogens is 138 g/mol. The molecule has 2 heteroatoms. The molecule has 1 rings (SSSR count). The lowest BCUT2D eigenvalue weighted by molar-refractivity contribution is 0.215. The van der Waals surface area contributed by atoms with Gasteiger partial charge in [-0.25, -0.2) is 0 Å². The molecule has 0 saturated heterocycles. The molecule has 1 aromatic rings. The van der Waals surface area contributed by atoms with Crippen LogP contribution >= 0.6 is 0 Å². The van der Waals surface area contributed by atoms with Crippen molar-refractivity contribution in [2.45, 2.75) is 0 Å². The molecular formula is C9H10NO. The number of rotatable bonds is 2. The Morgan fingerprint density at radius 3 is 2.82 bits per heavy atom. The summed E-state index contributed by atoms with van der Waals surface area (Å²) in [6.45, 7) is 3.83. The van der Waals surface area contributed by atoms with Gasteiger partial charge >= 0.3 is 0 Å². The SMILES string of the molecule is [CH2]c1ccccc1/C=N/OC. The van der Waals surface area contributed by atoms with Crippen molar-refractivity contribution in [3.05, 3.63) is 42.3 Å². The van der Waals surface area contributed by atoms with Crippen LogP contribution in [0.25, 0.3) is 0 Å². The summed E-state index contributed by atoms with van der Waals surface area (Å²) in [6, 6.07) is 7.74.